The van der Waals surface area contributed by atoms with Crippen molar-refractivity contribution in [3.8, 4) is 16.0 Å². The Kier molecular flexibility index (Phi) is 7.40. The topological polar surface area (TPSA) is 170 Å². The number of carboxylic acids is 1. The molecule has 6 rings (SSSR count). The minimum absolute atomic E-state index is 0.153. The van der Waals surface area contributed by atoms with Gasteiger partial charge in [-0.05, 0) is 24.3 Å². The van der Waals surface area contributed by atoms with E-state index in [1.54, 1.807) is 17.0 Å². The molecule has 0 aliphatic rings. The summed E-state index contributed by atoms with van der Waals surface area (Å²) in [5.41, 5.74) is -1.52. The van der Waals surface area contributed by atoms with Gasteiger partial charge in [-0.15, -0.1) is 22.7 Å². The molecule has 0 bridgehead atoms. The van der Waals surface area contributed by atoms with E-state index in [0.29, 0.717) is 16.5 Å². The van der Waals surface area contributed by atoms with Crippen molar-refractivity contribution in [1.82, 2.24) is 29.1 Å². The van der Waals surface area contributed by atoms with E-state index in [-0.39, 0.29) is 43.5 Å². The van der Waals surface area contributed by atoms with Gasteiger partial charge in [-0.1, -0.05) is 23.2 Å². The van der Waals surface area contributed by atoms with Crippen LogP contribution in [0.15, 0.2) is 63.2 Å². The molecule has 0 aromatic carbocycles. The molecule has 0 saturated heterocycles. The van der Waals surface area contributed by atoms with Crippen LogP contribution in [-0.2, 0) is 0 Å². The Morgan fingerprint density at radius 3 is 2.08 bits per heavy atom. The van der Waals surface area contributed by atoms with Crippen LogP contribution in [0, 0.1) is 0 Å². The van der Waals surface area contributed by atoms with Gasteiger partial charge in [0.05, 0.1) is 10.8 Å². The molecule has 6 heterocycles. The number of halogens is 2. The van der Waals surface area contributed by atoms with E-state index < -0.39 is 22.7 Å². The second-order valence-electron chi connectivity index (χ2n) is 7.71. The molecule has 16 heteroatoms. The summed E-state index contributed by atoms with van der Waals surface area (Å²) in [6, 6.07) is 5.87. The standard InChI is InChI=1S/2C12H6ClN3O3S/c13-8-2-1-6-9(18)7(5-17)11(19)16(10(6)15-8)12-14-3-4-20-12;13-8-2-1-6-9(17)7(11(18)19)5-16(10(6)15-8)12-14-3-4-20-12/h1-5,18H;1-5H,(H,18,19). The summed E-state index contributed by atoms with van der Waals surface area (Å²) in [6.45, 7) is 0. The van der Waals surface area contributed by atoms with Crippen molar-refractivity contribution in [1.29, 1.82) is 0 Å². The molecule has 0 amide bonds. The highest BCUT2D eigenvalue weighted by Crippen LogP contribution is 2.28. The Morgan fingerprint density at radius 2 is 1.50 bits per heavy atom. The molecule has 0 fully saturated rings. The van der Waals surface area contributed by atoms with Crippen LogP contribution in [0.1, 0.15) is 20.7 Å². The van der Waals surface area contributed by atoms with Crippen molar-refractivity contribution in [2.75, 3.05) is 0 Å². The van der Waals surface area contributed by atoms with Gasteiger partial charge >= 0.3 is 5.97 Å². The number of carbonyl (C=O) groups is 2. The van der Waals surface area contributed by atoms with Crippen LogP contribution in [0.3, 0.4) is 0 Å². The van der Waals surface area contributed by atoms with E-state index in [9.17, 15) is 24.3 Å². The van der Waals surface area contributed by atoms with E-state index in [0.717, 1.165) is 4.57 Å². The number of fused-ring (bicyclic) bond motifs is 2. The lowest BCUT2D eigenvalue weighted by Gasteiger charge is -2.09. The monoisotopic (exact) mass is 614 g/mol. The number of aromatic carboxylic acids is 1. The molecule has 0 aliphatic heterocycles. The first-order valence-electron chi connectivity index (χ1n) is 10.9. The zero-order valence-corrected chi connectivity index (χ0v) is 22.7. The van der Waals surface area contributed by atoms with E-state index in [1.165, 1.54) is 63.9 Å². The minimum Gasteiger partial charge on any atom is -0.506 e. The number of hydrogen-bond acceptors (Lipinski definition) is 11. The molecule has 6 aromatic heterocycles. The number of aromatic hydroxyl groups is 1. The highest BCUT2D eigenvalue weighted by molar-refractivity contribution is 7.12. The number of rotatable bonds is 4. The third kappa shape index (κ3) is 4.84. The average Bonchev–Trinajstić information content (AvgIpc) is 3.65. The Balaban J connectivity index is 0.000000161. The maximum atomic E-state index is 12.3. The largest absolute Gasteiger partial charge is 0.506 e. The second kappa shape index (κ2) is 10.9. The molecule has 0 spiro atoms. The van der Waals surface area contributed by atoms with Gasteiger partial charge in [0.25, 0.3) is 5.56 Å². The van der Waals surface area contributed by atoms with Gasteiger partial charge in [0.1, 0.15) is 27.2 Å². The van der Waals surface area contributed by atoms with E-state index in [4.69, 9.17) is 28.3 Å². The van der Waals surface area contributed by atoms with Crippen LogP contribution in [-0.4, -0.2) is 51.5 Å². The molecule has 200 valence electrons. The molecule has 0 radical (unpaired) electrons. The highest BCUT2D eigenvalue weighted by atomic mass is 35.5. The fraction of sp³-hybridized carbons (Fsp3) is 0. The Morgan fingerprint density at radius 1 is 0.900 bits per heavy atom. The third-order valence-corrected chi connectivity index (χ3v) is 7.35. The number of hydrogen-bond donors (Lipinski definition) is 2. The summed E-state index contributed by atoms with van der Waals surface area (Å²) in [7, 11) is 0. The van der Waals surface area contributed by atoms with Crippen molar-refractivity contribution < 1.29 is 19.8 Å². The SMILES string of the molecule is O=C(O)c1cn(-c2nccs2)c2nc(Cl)ccc2c1=O.O=Cc1c(O)c2ccc(Cl)nc2n(-c2nccs2)c1=O. The lowest BCUT2D eigenvalue weighted by atomic mass is 10.2. The minimum atomic E-state index is -1.29. The van der Waals surface area contributed by atoms with Crippen LogP contribution in [0.5, 0.6) is 5.75 Å². The molecular formula is C24H12Cl2N6O6S2. The Bertz CT molecular complexity index is 2040. The first kappa shape index (κ1) is 27.1. The van der Waals surface area contributed by atoms with Crippen LogP contribution in [0.4, 0.5) is 0 Å². The molecule has 0 atom stereocenters. The van der Waals surface area contributed by atoms with Crippen LogP contribution >= 0.6 is 45.9 Å². The van der Waals surface area contributed by atoms with Crippen molar-refractivity contribution >= 4 is 80.2 Å². The molecule has 12 nitrogen and oxygen atoms in total. The zero-order chi connectivity index (χ0) is 28.6. The van der Waals surface area contributed by atoms with Crippen molar-refractivity contribution in [2.24, 2.45) is 0 Å². The number of carbonyl (C=O) groups excluding carboxylic acids is 1. The quantitative estimate of drug-likeness (QED) is 0.216. The van der Waals surface area contributed by atoms with Crippen LogP contribution in [0.25, 0.3) is 32.3 Å². The molecule has 0 saturated carbocycles. The number of nitrogens with zero attached hydrogens (tertiary/aromatic N) is 6. The van der Waals surface area contributed by atoms with Crippen LogP contribution in [0.2, 0.25) is 10.3 Å². The molecule has 6 aromatic rings. The maximum absolute atomic E-state index is 12.3. The molecule has 0 unspecified atom stereocenters. The van der Waals surface area contributed by atoms with Gasteiger partial charge in [0.15, 0.2) is 27.8 Å². The van der Waals surface area contributed by atoms with Crippen LogP contribution < -0.4 is 11.0 Å². The maximum Gasteiger partial charge on any atom is 0.341 e. The summed E-state index contributed by atoms with van der Waals surface area (Å²) < 4.78 is 2.62. The fourth-order valence-corrected chi connectivity index (χ4v) is 5.21. The number of thiazole rings is 2. The first-order valence-corrected chi connectivity index (χ1v) is 13.4. The van der Waals surface area contributed by atoms with Gasteiger partial charge in [-0.3, -0.25) is 19.0 Å². The van der Waals surface area contributed by atoms with E-state index in [2.05, 4.69) is 19.9 Å². The van der Waals surface area contributed by atoms with Gasteiger partial charge in [-0.25, -0.2) is 29.3 Å². The van der Waals surface area contributed by atoms with Crippen molar-refractivity contribution in [2.45, 2.75) is 0 Å². The average molecular weight is 615 g/mol. The van der Waals surface area contributed by atoms with Gasteiger partial charge in [0.2, 0.25) is 5.43 Å². The first-order chi connectivity index (χ1) is 19.2. The van der Waals surface area contributed by atoms with Crippen molar-refractivity contribution in [3.63, 3.8) is 0 Å². The van der Waals surface area contributed by atoms with E-state index >= 15 is 0 Å². The predicted molar refractivity (Wildman–Crippen MR) is 150 cm³/mol. The van der Waals surface area contributed by atoms with E-state index in [1.807, 2.05) is 0 Å². The Hall–Kier alpha value is -4.50. The molecule has 2 N–H and O–H groups in total. The fourth-order valence-electron chi connectivity index (χ4n) is 3.67. The summed E-state index contributed by atoms with van der Waals surface area (Å²) in [6.07, 6.45) is 4.64. The second-order valence-corrected chi connectivity index (χ2v) is 10.2. The van der Waals surface area contributed by atoms with Gasteiger partial charge < -0.3 is 10.2 Å². The molecular weight excluding hydrogens is 603 g/mol. The third-order valence-electron chi connectivity index (χ3n) is 5.40. The predicted octanol–water partition coefficient (Wildman–Crippen LogP) is 4.21. The lowest BCUT2D eigenvalue weighted by Crippen LogP contribution is -2.23. The van der Waals surface area contributed by atoms with Gasteiger partial charge in [0, 0.05) is 29.4 Å². The number of aromatic nitrogens is 6. The number of carboxylic acid groups (broad SMARTS) is 1. The summed E-state index contributed by atoms with van der Waals surface area (Å²) >= 11 is 14.2. The summed E-state index contributed by atoms with van der Waals surface area (Å²) in [4.78, 5) is 62.9. The Labute approximate surface area is 240 Å². The molecule has 0 aliphatic carbocycles. The smallest absolute Gasteiger partial charge is 0.341 e. The number of pyridine rings is 4. The lowest BCUT2D eigenvalue weighted by molar-refractivity contribution is 0.0695. The summed E-state index contributed by atoms with van der Waals surface area (Å²) in [5.74, 6) is -1.70. The zero-order valence-electron chi connectivity index (χ0n) is 19.6. The highest BCUT2D eigenvalue weighted by Gasteiger charge is 2.20. The number of aldehydes is 1. The molecule has 40 heavy (non-hydrogen) atoms. The van der Waals surface area contributed by atoms with Crippen molar-refractivity contribution in [3.05, 3.63) is 95.6 Å². The summed E-state index contributed by atoms with van der Waals surface area (Å²) in [5, 5.41) is 24.2. The van der Waals surface area contributed by atoms with Gasteiger partial charge in [-0.2, -0.15) is 0 Å². The normalized spacial score (nSPS) is 10.8.